The molecule has 0 radical (unpaired) electrons. The molecule has 0 fully saturated rings. The van der Waals surface area contributed by atoms with Gasteiger partial charge in [0.15, 0.2) is 14.6 Å². The molecule has 0 N–H and O–H groups in total. The van der Waals surface area contributed by atoms with Gasteiger partial charge < -0.3 is 14.0 Å². The predicted octanol–water partition coefficient (Wildman–Crippen LogP) is 2.32. The molecule has 0 bridgehead atoms. The molecule has 0 spiro atoms. The lowest BCUT2D eigenvalue weighted by Crippen LogP contribution is -2.25. The Kier molecular flexibility index (Phi) is 7.24. The van der Waals surface area contributed by atoms with Crippen LogP contribution in [0.3, 0.4) is 0 Å². The van der Waals surface area contributed by atoms with Crippen molar-refractivity contribution in [3.8, 4) is 5.75 Å². The summed E-state index contributed by atoms with van der Waals surface area (Å²) in [6.45, 7) is 1.77. The van der Waals surface area contributed by atoms with Gasteiger partial charge in [0, 0.05) is 0 Å². The van der Waals surface area contributed by atoms with Gasteiger partial charge in [-0.25, -0.2) is 8.42 Å². The minimum atomic E-state index is -3.70. The van der Waals surface area contributed by atoms with Crippen molar-refractivity contribution in [1.82, 2.24) is 4.57 Å². The molecule has 10 heteroatoms. The highest BCUT2D eigenvalue weighted by Crippen LogP contribution is 2.23. The third-order valence-electron chi connectivity index (χ3n) is 4.28. The molecule has 1 aromatic heterocycles. The lowest BCUT2D eigenvalue weighted by molar-refractivity contribution is -0.143. The topological polar surface area (TPSA) is 104 Å². The first-order valence-electron chi connectivity index (χ1n) is 9.46. The Balaban J connectivity index is 1.93. The largest absolute Gasteiger partial charge is 0.497 e. The lowest BCUT2D eigenvalue weighted by Gasteiger charge is -2.06. The maximum atomic E-state index is 12.5. The summed E-state index contributed by atoms with van der Waals surface area (Å²) in [6, 6.07) is 13.9. The van der Waals surface area contributed by atoms with Crippen LogP contribution >= 0.6 is 11.3 Å². The second kappa shape index (κ2) is 9.88. The lowest BCUT2D eigenvalue weighted by atomic mass is 10.2. The monoisotopic (exact) mass is 462 g/mol. The summed E-state index contributed by atoms with van der Waals surface area (Å²) in [5, 5.41) is 0. The zero-order chi connectivity index (χ0) is 22.4. The highest BCUT2D eigenvalue weighted by Gasteiger charge is 2.18. The minimum Gasteiger partial charge on any atom is -0.497 e. The number of hydrogen-bond acceptors (Lipinski definition) is 7. The highest BCUT2D eigenvalue weighted by atomic mass is 32.2. The first kappa shape index (κ1) is 22.7. The van der Waals surface area contributed by atoms with Crippen LogP contribution in [-0.2, 0) is 36.5 Å². The van der Waals surface area contributed by atoms with Gasteiger partial charge in [0.05, 0.1) is 29.7 Å². The number of carbonyl (C=O) groups is 2. The van der Waals surface area contributed by atoms with Gasteiger partial charge in [0.25, 0.3) is 5.91 Å². The molecule has 3 rings (SSSR count). The number of thiazole rings is 1. The Bertz CT molecular complexity index is 1260. The molecule has 2 aromatic carbocycles. The molecule has 31 heavy (non-hydrogen) atoms. The van der Waals surface area contributed by atoms with Gasteiger partial charge in [-0.05, 0) is 30.7 Å². The molecule has 0 aliphatic heterocycles. The maximum Gasteiger partial charge on any atom is 0.326 e. The van der Waals surface area contributed by atoms with E-state index in [9.17, 15) is 18.0 Å². The molecular weight excluding hydrogens is 440 g/mol. The van der Waals surface area contributed by atoms with Gasteiger partial charge in [0.2, 0.25) is 0 Å². The van der Waals surface area contributed by atoms with Crippen LogP contribution in [0.2, 0.25) is 0 Å². The van der Waals surface area contributed by atoms with Gasteiger partial charge >= 0.3 is 5.97 Å². The van der Waals surface area contributed by atoms with E-state index in [-0.39, 0.29) is 23.7 Å². The quantitative estimate of drug-likeness (QED) is 0.476. The number of nitrogens with zero attached hydrogens (tertiary/aromatic N) is 2. The molecule has 0 aliphatic carbocycles. The highest BCUT2D eigenvalue weighted by molar-refractivity contribution is 7.91. The number of fused-ring (bicyclic) bond motifs is 1. The van der Waals surface area contributed by atoms with Crippen molar-refractivity contribution in [3.63, 3.8) is 0 Å². The van der Waals surface area contributed by atoms with Crippen LogP contribution in [-0.4, -0.2) is 44.3 Å². The van der Waals surface area contributed by atoms with Crippen molar-refractivity contribution in [2.24, 2.45) is 4.99 Å². The van der Waals surface area contributed by atoms with E-state index in [4.69, 9.17) is 9.47 Å². The smallest absolute Gasteiger partial charge is 0.326 e. The molecule has 0 aliphatic rings. The van der Waals surface area contributed by atoms with Crippen molar-refractivity contribution in [3.05, 3.63) is 58.9 Å². The van der Waals surface area contributed by atoms with Crippen molar-refractivity contribution in [2.45, 2.75) is 19.2 Å². The first-order chi connectivity index (χ1) is 14.8. The Hall–Kier alpha value is -2.98. The number of esters is 1. The average molecular weight is 463 g/mol. The SMILES string of the molecule is CCOC(=O)Cn1c(=NC(=O)CS(=O)(=O)Cc2ccccc2)sc2cc(OC)ccc21. The van der Waals surface area contributed by atoms with E-state index in [0.717, 1.165) is 16.0 Å². The van der Waals surface area contributed by atoms with Crippen molar-refractivity contribution in [2.75, 3.05) is 19.5 Å². The molecule has 0 saturated carbocycles. The summed E-state index contributed by atoms with van der Waals surface area (Å²) >= 11 is 1.16. The number of ether oxygens (including phenoxy) is 2. The molecule has 1 heterocycles. The molecule has 1 amide bonds. The predicted molar refractivity (Wildman–Crippen MR) is 118 cm³/mol. The normalized spacial score (nSPS) is 12.1. The second-order valence-corrected chi connectivity index (χ2v) is 9.71. The summed E-state index contributed by atoms with van der Waals surface area (Å²) in [4.78, 5) is 28.8. The van der Waals surface area contributed by atoms with Crippen LogP contribution in [0.4, 0.5) is 0 Å². The number of rotatable bonds is 8. The van der Waals surface area contributed by atoms with E-state index in [1.807, 2.05) is 0 Å². The van der Waals surface area contributed by atoms with Crippen LogP contribution in [0, 0.1) is 0 Å². The van der Waals surface area contributed by atoms with Gasteiger partial charge in [0.1, 0.15) is 18.0 Å². The van der Waals surface area contributed by atoms with Crippen LogP contribution in [0.15, 0.2) is 53.5 Å². The molecule has 3 aromatic rings. The van der Waals surface area contributed by atoms with Gasteiger partial charge in [-0.15, -0.1) is 0 Å². The molecular formula is C21H22N2O6S2. The molecule has 0 saturated heterocycles. The first-order valence-corrected chi connectivity index (χ1v) is 12.1. The standard InChI is InChI=1S/C21H22N2O6S2/c1-3-29-20(25)12-23-17-10-9-16(28-2)11-18(17)30-21(23)22-19(24)14-31(26,27)13-15-7-5-4-6-8-15/h4-11H,3,12-14H2,1-2H3. The van der Waals surface area contributed by atoms with E-state index >= 15 is 0 Å². The van der Waals surface area contributed by atoms with Crippen LogP contribution in [0.1, 0.15) is 12.5 Å². The van der Waals surface area contributed by atoms with Crippen LogP contribution in [0.5, 0.6) is 5.75 Å². The zero-order valence-electron chi connectivity index (χ0n) is 17.1. The average Bonchev–Trinajstić information content (AvgIpc) is 3.03. The minimum absolute atomic E-state index is 0.150. The zero-order valence-corrected chi connectivity index (χ0v) is 18.7. The van der Waals surface area contributed by atoms with Gasteiger partial charge in [-0.2, -0.15) is 4.99 Å². The number of sulfone groups is 1. The Morgan fingerprint density at radius 1 is 1.13 bits per heavy atom. The van der Waals surface area contributed by atoms with Crippen molar-refractivity contribution >= 4 is 43.3 Å². The van der Waals surface area contributed by atoms with E-state index in [1.54, 1.807) is 60.0 Å². The summed E-state index contributed by atoms with van der Waals surface area (Å²) in [5.74, 6) is -1.64. The van der Waals surface area contributed by atoms with E-state index in [2.05, 4.69) is 4.99 Å². The Labute approximate surface area is 183 Å². The molecule has 0 atom stereocenters. The molecule has 164 valence electrons. The van der Waals surface area contributed by atoms with Gasteiger partial charge in [-0.1, -0.05) is 41.7 Å². The summed E-state index contributed by atoms with van der Waals surface area (Å²) in [7, 11) is -2.16. The third-order valence-corrected chi connectivity index (χ3v) is 6.78. The van der Waals surface area contributed by atoms with Crippen LogP contribution in [0.25, 0.3) is 10.2 Å². The van der Waals surface area contributed by atoms with Gasteiger partial charge in [-0.3, -0.25) is 9.59 Å². The second-order valence-electron chi connectivity index (χ2n) is 6.63. The summed E-state index contributed by atoms with van der Waals surface area (Å²) in [6.07, 6.45) is 0. The summed E-state index contributed by atoms with van der Waals surface area (Å²) < 4.78 is 37.4. The number of hydrogen-bond donors (Lipinski definition) is 0. The van der Waals surface area contributed by atoms with Crippen molar-refractivity contribution < 1.29 is 27.5 Å². The maximum absolute atomic E-state index is 12.5. The number of methoxy groups -OCH3 is 1. The number of carbonyl (C=O) groups excluding carboxylic acids is 2. The number of benzene rings is 2. The fourth-order valence-electron chi connectivity index (χ4n) is 2.96. The molecule has 8 nitrogen and oxygen atoms in total. The molecule has 0 unspecified atom stereocenters. The number of aromatic nitrogens is 1. The van der Waals surface area contributed by atoms with E-state index in [1.165, 1.54) is 7.11 Å². The Morgan fingerprint density at radius 2 is 1.87 bits per heavy atom. The van der Waals surface area contributed by atoms with Crippen molar-refractivity contribution in [1.29, 1.82) is 0 Å². The number of amides is 1. The fraction of sp³-hybridized carbons (Fsp3) is 0.286. The van der Waals surface area contributed by atoms with Crippen LogP contribution < -0.4 is 9.54 Å². The fourth-order valence-corrected chi connectivity index (χ4v) is 5.28. The van der Waals surface area contributed by atoms with E-state index < -0.39 is 27.5 Å². The third kappa shape index (κ3) is 6.02. The Morgan fingerprint density at radius 3 is 2.55 bits per heavy atom. The summed E-state index contributed by atoms with van der Waals surface area (Å²) in [5.41, 5.74) is 1.26. The van der Waals surface area contributed by atoms with E-state index in [0.29, 0.717) is 16.8 Å².